The molecule has 0 bridgehead atoms. The van der Waals surface area contributed by atoms with Gasteiger partial charge in [0.2, 0.25) is 0 Å². The van der Waals surface area contributed by atoms with E-state index in [1.54, 1.807) is 12.1 Å². The van der Waals surface area contributed by atoms with Crippen LogP contribution in [0.4, 0.5) is 5.69 Å². The van der Waals surface area contributed by atoms with E-state index in [-0.39, 0.29) is 22.5 Å². The van der Waals surface area contributed by atoms with Crippen molar-refractivity contribution in [2.75, 3.05) is 4.72 Å². The molecule has 2 aliphatic rings. The van der Waals surface area contributed by atoms with E-state index in [1.807, 2.05) is 12.1 Å². The van der Waals surface area contributed by atoms with Crippen molar-refractivity contribution in [1.29, 1.82) is 0 Å². The molecular formula is C26H28N2O5S. The third-order valence-corrected chi connectivity index (χ3v) is 8.18. The molecular weight excluding hydrogens is 452 g/mol. The van der Waals surface area contributed by atoms with Gasteiger partial charge in [-0.25, -0.2) is 13.2 Å². The number of hydrogen-bond acceptors (Lipinski definition) is 6. The second kappa shape index (κ2) is 9.25. The molecule has 2 aliphatic carbocycles. The lowest BCUT2D eigenvalue weighted by atomic mass is 9.85. The number of nitrogens with zero attached hydrogens (tertiary/aromatic N) is 1. The molecule has 7 nitrogen and oxygen atoms in total. The maximum absolute atomic E-state index is 13.0. The van der Waals surface area contributed by atoms with Gasteiger partial charge in [0.1, 0.15) is 11.5 Å². The molecule has 0 spiro atoms. The smallest absolute Gasteiger partial charge is 0.343 e. The van der Waals surface area contributed by atoms with E-state index in [4.69, 9.17) is 4.42 Å². The lowest BCUT2D eigenvalue weighted by molar-refractivity contribution is 0.382. The Morgan fingerprint density at radius 1 is 0.971 bits per heavy atom. The van der Waals surface area contributed by atoms with Gasteiger partial charge in [0.25, 0.3) is 10.0 Å². The predicted molar refractivity (Wildman–Crippen MR) is 129 cm³/mol. The van der Waals surface area contributed by atoms with E-state index in [9.17, 15) is 18.3 Å². The number of sulfonamides is 1. The van der Waals surface area contributed by atoms with Crippen LogP contribution < -0.4 is 10.3 Å². The fraction of sp³-hybridized carbons (Fsp3) is 0.385. The topological polar surface area (TPSA) is 109 Å². The maximum Gasteiger partial charge on any atom is 0.343 e. The Hall–Kier alpha value is -3.13. The molecule has 1 unspecified atom stereocenters. The van der Waals surface area contributed by atoms with Crippen molar-refractivity contribution < 1.29 is 17.9 Å². The molecule has 2 N–H and O–H groups in total. The highest BCUT2D eigenvalue weighted by Gasteiger charge is 2.38. The minimum absolute atomic E-state index is 0.0903. The third kappa shape index (κ3) is 4.59. The van der Waals surface area contributed by atoms with Gasteiger partial charge in [-0.3, -0.25) is 9.71 Å². The monoisotopic (exact) mass is 480 g/mol. The van der Waals surface area contributed by atoms with Gasteiger partial charge in [0, 0.05) is 36.0 Å². The van der Waals surface area contributed by atoms with Gasteiger partial charge in [-0.15, -0.1) is 0 Å². The normalized spacial score (nSPS) is 17.3. The molecule has 1 aromatic carbocycles. The first kappa shape index (κ1) is 22.7. The zero-order valence-electron chi connectivity index (χ0n) is 18.9. The highest BCUT2D eigenvalue weighted by Crippen LogP contribution is 2.48. The van der Waals surface area contributed by atoms with E-state index < -0.39 is 15.6 Å². The first-order chi connectivity index (χ1) is 16.4. The van der Waals surface area contributed by atoms with Crippen LogP contribution >= 0.6 is 0 Å². The fourth-order valence-electron chi connectivity index (χ4n) is 4.89. The Labute approximate surface area is 198 Å². The summed E-state index contributed by atoms with van der Waals surface area (Å²) in [7, 11) is -3.73. The standard InChI is InChI=1S/C26H28N2O5S/c29-25-21-5-3-1-2-4-6-22(21)33-26(30)24(25)23(17-7-8-17)18-9-11-19(12-10-18)28-34(31,32)20-13-15-27-16-14-20/h9-17,23,28-29H,1-8H2. The van der Waals surface area contributed by atoms with Crippen molar-refractivity contribution in [3.63, 3.8) is 0 Å². The number of hydrogen-bond donors (Lipinski definition) is 2. The van der Waals surface area contributed by atoms with Crippen molar-refractivity contribution in [3.05, 3.63) is 81.7 Å². The molecule has 1 fully saturated rings. The summed E-state index contributed by atoms with van der Waals surface area (Å²) < 4.78 is 33.6. The fourth-order valence-corrected chi connectivity index (χ4v) is 5.93. The Bertz CT molecular complexity index is 1330. The molecule has 0 aliphatic heterocycles. The van der Waals surface area contributed by atoms with Gasteiger partial charge in [-0.2, -0.15) is 0 Å². The van der Waals surface area contributed by atoms with Crippen LogP contribution in [0, 0.1) is 5.92 Å². The summed E-state index contributed by atoms with van der Waals surface area (Å²) in [5.74, 6) is 0.687. The van der Waals surface area contributed by atoms with E-state index >= 15 is 0 Å². The van der Waals surface area contributed by atoms with Crippen molar-refractivity contribution in [1.82, 2.24) is 4.98 Å². The Morgan fingerprint density at radius 3 is 2.32 bits per heavy atom. The van der Waals surface area contributed by atoms with Crippen molar-refractivity contribution in [2.45, 2.75) is 62.2 Å². The summed E-state index contributed by atoms with van der Waals surface area (Å²) in [5.41, 5.74) is 1.94. The van der Waals surface area contributed by atoms with Crippen molar-refractivity contribution >= 4 is 15.7 Å². The van der Waals surface area contributed by atoms with Crippen LogP contribution in [0.25, 0.3) is 0 Å². The number of aromatic nitrogens is 1. The summed E-state index contributed by atoms with van der Waals surface area (Å²) in [6.07, 6.45) is 10.3. The minimum Gasteiger partial charge on any atom is -0.507 e. The van der Waals surface area contributed by atoms with E-state index in [1.165, 1.54) is 24.5 Å². The zero-order valence-corrected chi connectivity index (χ0v) is 19.7. The van der Waals surface area contributed by atoms with Gasteiger partial charge in [0.15, 0.2) is 0 Å². The van der Waals surface area contributed by atoms with Crippen molar-refractivity contribution in [2.24, 2.45) is 5.92 Å². The molecule has 0 radical (unpaired) electrons. The number of rotatable bonds is 6. The molecule has 3 aromatic rings. The molecule has 34 heavy (non-hydrogen) atoms. The Morgan fingerprint density at radius 2 is 1.65 bits per heavy atom. The van der Waals surface area contributed by atoms with Crippen LogP contribution in [0.1, 0.15) is 66.9 Å². The highest BCUT2D eigenvalue weighted by atomic mass is 32.2. The van der Waals surface area contributed by atoms with Crippen LogP contribution in [-0.2, 0) is 22.9 Å². The van der Waals surface area contributed by atoms with Crippen LogP contribution in [0.15, 0.2) is 62.9 Å². The van der Waals surface area contributed by atoms with E-state index in [2.05, 4.69) is 9.71 Å². The largest absolute Gasteiger partial charge is 0.507 e. The van der Waals surface area contributed by atoms with Crippen molar-refractivity contribution in [3.8, 4) is 5.75 Å². The molecule has 0 amide bonds. The lowest BCUT2D eigenvalue weighted by Crippen LogP contribution is -2.19. The quantitative estimate of drug-likeness (QED) is 0.527. The number of aryl methyl sites for hydroxylation is 1. The Balaban J connectivity index is 1.47. The van der Waals surface area contributed by atoms with Crippen LogP contribution in [0.3, 0.4) is 0 Å². The van der Waals surface area contributed by atoms with Gasteiger partial charge in [0.05, 0.1) is 10.5 Å². The average molecular weight is 481 g/mol. The summed E-state index contributed by atoms with van der Waals surface area (Å²) in [5, 5.41) is 11.2. The number of aromatic hydroxyl groups is 1. The predicted octanol–water partition coefficient (Wildman–Crippen LogP) is 4.74. The number of pyridine rings is 1. The van der Waals surface area contributed by atoms with Crippen LogP contribution in [-0.4, -0.2) is 18.5 Å². The highest BCUT2D eigenvalue weighted by molar-refractivity contribution is 7.92. The van der Waals surface area contributed by atoms with E-state index in [0.717, 1.165) is 49.7 Å². The lowest BCUT2D eigenvalue weighted by Gasteiger charge is -2.21. The van der Waals surface area contributed by atoms with E-state index in [0.29, 0.717) is 29.9 Å². The van der Waals surface area contributed by atoms with Crippen LogP contribution in [0.5, 0.6) is 5.75 Å². The molecule has 2 heterocycles. The molecule has 1 saturated carbocycles. The molecule has 1 atom stereocenters. The van der Waals surface area contributed by atoms with Crippen LogP contribution in [0.2, 0.25) is 0 Å². The summed E-state index contributed by atoms with van der Waals surface area (Å²) in [6, 6.07) is 9.89. The first-order valence-corrected chi connectivity index (χ1v) is 13.3. The van der Waals surface area contributed by atoms with Gasteiger partial charge in [-0.05, 0) is 67.9 Å². The average Bonchev–Trinajstić information content (AvgIpc) is 3.64. The SMILES string of the molecule is O=c1oc2c(c(O)c1C(c1ccc(NS(=O)(=O)c3ccncc3)cc1)C1CC1)CCCCCC2. The number of benzene rings is 1. The molecule has 178 valence electrons. The zero-order chi connectivity index (χ0) is 23.7. The third-order valence-electron chi connectivity index (χ3n) is 6.78. The second-order valence-electron chi connectivity index (χ2n) is 9.19. The first-order valence-electron chi connectivity index (χ1n) is 11.8. The molecule has 2 aromatic heterocycles. The summed E-state index contributed by atoms with van der Waals surface area (Å²) >= 11 is 0. The number of anilines is 1. The molecule has 5 rings (SSSR count). The van der Waals surface area contributed by atoms with Gasteiger partial charge in [-0.1, -0.05) is 25.0 Å². The number of fused-ring (bicyclic) bond motifs is 1. The Kier molecular flexibility index (Phi) is 6.16. The number of nitrogens with one attached hydrogen (secondary N) is 1. The summed E-state index contributed by atoms with van der Waals surface area (Å²) in [6.45, 7) is 0. The minimum atomic E-state index is -3.73. The molecule has 8 heteroatoms. The van der Waals surface area contributed by atoms with Gasteiger partial charge >= 0.3 is 5.63 Å². The molecule has 0 saturated heterocycles. The second-order valence-corrected chi connectivity index (χ2v) is 10.9. The summed E-state index contributed by atoms with van der Waals surface area (Å²) in [4.78, 5) is 17.0. The van der Waals surface area contributed by atoms with Gasteiger partial charge < -0.3 is 9.52 Å². The maximum atomic E-state index is 13.0.